The zero-order valence-corrected chi connectivity index (χ0v) is 11.5. The van der Waals surface area contributed by atoms with Crippen LogP contribution < -0.4 is 4.74 Å². The number of ether oxygens (including phenoxy) is 1. The topological polar surface area (TPSA) is 44.1 Å². The molecule has 0 unspecified atom stereocenters. The van der Waals surface area contributed by atoms with Gasteiger partial charge in [0.1, 0.15) is 18.0 Å². The monoisotopic (exact) mass is 300 g/mol. The van der Waals surface area contributed by atoms with Crippen molar-refractivity contribution < 1.29 is 18.3 Å². The third-order valence-electron chi connectivity index (χ3n) is 2.79. The maximum atomic E-state index is 13.6. The highest BCUT2D eigenvalue weighted by Gasteiger charge is 2.16. The molecule has 0 aliphatic carbocycles. The van der Waals surface area contributed by atoms with Gasteiger partial charge in [-0.1, -0.05) is 11.6 Å². The molecule has 0 spiro atoms. The van der Waals surface area contributed by atoms with Crippen molar-refractivity contribution in [3.8, 4) is 5.75 Å². The van der Waals surface area contributed by atoms with Crippen LogP contribution in [0.2, 0.25) is 5.15 Å². The van der Waals surface area contributed by atoms with Crippen molar-refractivity contribution in [2.24, 2.45) is 7.05 Å². The zero-order chi connectivity index (χ0) is 14.9. The molecule has 1 heterocycles. The number of halogens is 3. The molecule has 20 heavy (non-hydrogen) atoms. The van der Waals surface area contributed by atoms with E-state index in [4.69, 9.17) is 16.3 Å². The van der Waals surface area contributed by atoms with Crippen LogP contribution in [0.4, 0.5) is 8.78 Å². The lowest BCUT2D eigenvalue weighted by Crippen LogP contribution is -2.02. The number of aromatic nitrogens is 2. The number of hydrogen-bond acceptors (Lipinski definition) is 3. The predicted molar refractivity (Wildman–Crippen MR) is 69.0 cm³/mol. The molecular weight excluding hydrogens is 290 g/mol. The molecule has 0 saturated carbocycles. The van der Waals surface area contributed by atoms with Gasteiger partial charge >= 0.3 is 0 Å². The van der Waals surface area contributed by atoms with Gasteiger partial charge in [0.15, 0.2) is 17.4 Å². The van der Waals surface area contributed by atoms with Gasteiger partial charge in [-0.15, -0.1) is 0 Å². The molecule has 7 heteroatoms. The van der Waals surface area contributed by atoms with Gasteiger partial charge in [0, 0.05) is 18.2 Å². The van der Waals surface area contributed by atoms with Gasteiger partial charge in [0.25, 0.3) is 0 Å². The highest BCUT2D eigenvalue weighted by Crippen LogP contribution is 2.26. The number of hydrogen-bond donors (Lipinski definition) is 0. The zero-order valence-electron chi connectivity index (χ0n) is 10.8. The molecule has 0 bridgehead atoms. The average Bonchev–Trinajstić information content (AvgIpc) is 2.63. The van der Waals surface area contributed by atoms with Crippen molar-refractivity contribution in [3.63, 3.8) is 0 Å². The van der Waals surface area contributed by atoms with Crippen LogP contribution in [0.15, 0.2) is 12.1 Å². The summed E-state index contributed by atoms with van der Waals surface area (Å²) in [5.41, 5.74) is 1.07. The summed E-state index contributed by atoms with van der Waals surface area (Å²) in [6.07, 6.45) is 0.359. The molecule has 0 atom stereocenters. The maximum absolute atomic E-state index is 13.6. The first-order chi connectivity index (χ1) is 9.43. The molecule has 4 nitrogen and oxygen atoms in total. The molecule has 0 N–H and O–H groups in total. The van der Waals surface area contributed by atoms with E-state index in [2.05, 4.69) is 5.10 Å². The third kappa shape index (κ3) is 2.65. The molecule has 0 amide bonds. The van der Waals surface area contributed by atoms with Crippen LogP contribution in [0.3, 0.4) is 0 Å². The summed E-state index contributed by atoms with van der Waals surface area (Å²) < 4.78 is 33.8. The molecule has 0 saturated heterocycles. The lowest BCUT2D eigenvalue weighted by molar-refractivity contribution is 0.112. The van der Waals surface area contributed by atoms with Gasteiger partial charge in [-0.2, -0.15) is 5.10 Å². The number of nitrogens with zero attached hydrogens (tertiary/aromatic N) is 2. The fourth-order valence-electron chi connectivity index (χ4n) is 1.77. The Hall–Kier alpha value is -1.95. The summed E-state index contributed by atoms with van der Waals surface area (Å²) in [4.78, 5) is 10.5. The van der Waals surface area contributed by atoms with Crippen molar-refractivity contribution in [2.45, 2.75) is 13.5 Å². The standard InChI is InChI=1S/C13H11ClF2N2O2/c1-7-9(13(14)18(2)17-7)6-20-12-10(15)3-8(5-19)4-11(12)16/h3-5H,6H2,1-2H3. The Morgan fingerprint density at radius 2 is 2.00 bits per heavy atom. The van der Waals surface area contributed by atoms with Crippen molar-refractivity contribution in [1.82, 2.24) is 9.78 Å². The first-order valence-electron chi connectivity index (χ1n) is 5.69. The van der Waals surface area contributed by atoms with Crippen molar-refractivity contribution in [1.29, 1.82) is 0 Å². The molecule has 2 aromatic rings. The van der Waals surface area contributed by atoms with Gasteiger partial charge < -0.3 is 4.74 Å². The summed E-state index contributed by atoms with van der Waals surface area (Å²) in [5.74, 6) is -2.43. The minimum absolute atomic E-state index is 0.0945. The third-order valence-corrected chi connectivity index (χ3v) is 3.26. The molecule has 0 aliphatic heterocycles. The summed E-state index contributed by atoms with van der Waals surface area (Å²) in [6.45, 7) is 1.60. The Balaban J connectivity index is 2.25. The van der Waals surface area contributed by atoms with E-state index in [1.165, 1.54) is 4.68 Å². The van der Waals surface area contributed by atoms with Crippen LogP contribution in [0, 0.1) is 18.6 Å². The molecule has 0 fully saturated rings. The highest BCUT2D eigenvalue weighted by molar-refractivity contribution is 6.30. The van der Waals surface area contributed by atoms with Crippen LogP contribution in [0.1, 0.15) is 21.6 Å². The normalized spacial score (nSPS) is 10.7. The molecule has 106 valence electrons. The maximum Gasteiger partial charge on any atom is 0.191 e. The second-order valence-corrected chi connectivity index (χ2v) is 4.56. The van der Waals surface area contributed by atoms with E-state index in [-0.39, 0.29) is 12.2 Å². The summed E-state index contributed by atoms with van der Waals surface area (Å²) >= 11 is 5.99. The molecular formula is C13H11ClF2N2O2. The van der Waals surface area contributed by atoms with Crippen molar-refractivity contribution in [3.05, 3.63) is 45.7 Å². The van der Waals surface area contributed by atoms with E-state index in [1.807, 2.05) is 0 Å². The average molecular weight is 301 g/mol. The van der Waals surface area contributed by atoms with Gasteiger partial charge in [-0.25, -0.2) is 8.78 Å². The smallest absolute Gasteiger partial charge is 0.191 e. The fourth-order valence-corrected chi connectivity index (χ4v) is 2.00. The minimum atomic E-state index is -0.940. The molecule has 1 aromatic carbocycles. The molecule has 0 radical (unpaired) electrons. The van der Waals surface area contributed by atoms with Crippen molar-refractivity contribution >= 4 is 17.9 Å². The Kier molecular flexibility index (Phi) is 4.04. The summed E-state index contributed by atoms with van der Waals surface area (Å²) in [7, 11) is 1.65. The van der Waals surface area contributed by atoms with Crippen LogP contribution in [0.5, 0.6) is 5.75 Å². The van der Waals surface area contributed by atoms with Gasteiger partial charge in [-0.05, 0) is 19.1 Å². The Morgan fingerprint density at radius 3 is 2.45 bits per heavy atom. The minimum Gasteiger partial charge on any atom is -0.483 e. The van der Waals surface area contributed by atoms with E-state index in [9.17, 15) is 13.6 Å². The number of carbonyl (C=O) groups is 1. The number of aldehydes is 1. The fraction of sp³-hybridized carbons (Fsp3) is 0.231. The lowest BCUT2D eigenvalue weighted by atomic mass is 10.2. The largest absolute Gasteiger partial charge is 0.483 e. The van der Waals surface area contributed by atoms with Crippen LogP contribution >= 0.6 is 11.6 Å². The Labute approximate surface area is 118 Å². The molecule has 1 aromatic heterocycles. The first kappa shape index (κ1) is 14.5. The lowest BCUT2D eigenvalue weighted by Gasteiger charge is -2.08. The summed E-state index contributed by atoms with van der Waals surface area (Å²) in [5, 5.41) is 4.41. The van der Waals surface area contributed by atoms with Crippen molar-refractivity contribution in [2.75, 3.05) is 0 Å². The van der Waals surface area contributed by atoms with Gasteiger partial charge in [-0.3, -0.25) is 9.48 Å². The van der Waals surface area contributed by atoms with E-state index in [1.54, 1.807) is 14.0 Å². The van der Waals surface area contributed by atoms with Crippen LogP contribution in [-0.4, -0.2) is 16.1 Å². The van der Waals surface area contributed by atoms with E-state index >= 15 is 0 Å². The molecule has 0 aliphatic rings. The second-order valence-electron chi connectivity index (χ2n) is 4.20. The predicted octanol–water partition coefficient (Wildman–Crippen LogP) is 3.05. The number of benzene rings is 1. The quantitative estimate of drug-likeness (QED) is 0.815. The van der Waals surface area contributed by atoms with E-state index in [0.29, 0.717) is 22.7 Å². The van der Waals surface area contributed by atoms with Crippen LogP contribution in [-0.2, 0) is 13.7 Å². The van der Waals surface area contributed by atoms with E-state index < -0.39 is 17.4 Å². The molecule has 2 rings (SSSR count). The summed E-state index contributed by atoms with van der Waals surface area (Å²) in [6, 6.07) is 1.81. The van der Waals surface area contributed by atoms with Crippen LogP contribution in [0.25, 0.3) is 0 Å². The highest BCUT2D eigenvalue weighted by atomic mass is 35.5. The van der Waals surface area contributed by atoms with Gasteiger partial charge in [0.05, 0.1) is 5.69 Å². The first-order valence-corrected chi connectivity index (χ1v) is 6.06. The van der Waals surface area contributed by atoms with E-state index in [0.717, 1.165) is 12.1 Å². The number of aryl methyl sites for hydroxylation is 2. The number of rotatable bonds is 4. The van der Waals surface area contributed by atoms with Gasteiger partial charge in [0.2, 0.25) is 0 Å². The second kappa shape index (κ2) is 5.58. The Morgan fingerprint density at radius 1 is 1.40 bits per heavy atom. The number of carbonyl (C=O) groups excluding carboxylic acids is 1. The SMILES string of the molecule is Cc1nn(C)c(Cl)c1COc1c(F)cc(C=O)cc1F. The Bertz CT molecular complexity index is 648.